The van der Waals surface area contributed by atoms with Crippen LogP contribution in [-0.2, 0) is 0 Å². The van der Waals surface area contributed by atoms with Crippen molar-refractivity contribution in [2.75, 3.05) is 0 Å². The van der Waals surface area contributed by atoms with E-state index in [1.807, 2.05) is 19.1 Å². The van der Waals surface area contributed by atoms with E-state index in [0.29, 0.717) is 11.1 Å². The van der Waals surface area contributed by atoms with Crippen molar-refractivity contribution in [1.29, 1.82) is 0 Å². The van der Waals surface area contributed by atoms with Gasteiger partial charge in [-0.2, -0.15) is 8.78 Å². The molecule has 0 radical (unpaired) electrons. The summed E-state index contributed by atoms with van der Waals surface area (Å²) in [7, 11) is 0. The maximum atomic E-state index is 12.5. The highest BCUT2D eigenvalue weighted by molar-refractivity contribution is 8.00. The van der Waals surface area contributed by atoms with E-state index in [4.69, 9.17) is 4.42 Å². The number of alkyl halides is 2. The molecule has 0 fully saturated rings. The summed E-state index contributed by atoms with van der Waals surface area (Å²) in [6.07, 6.45) is 0. The van der Waals surface area contributed by atoms with E-state index in [0.717, 1.165) is 17.3 Å². The number of halogens is 2. The van der Waals surface area contributed by atoms with Crippen LogP contribution in [0.5, 0.6) is 5.75 Å². The molecule has 3 aromatic rings. The third-order valence-electron chi connectivity index (χ3n) is 3.72. The van der Waals surface area contributed by atoms with Gasteiger partial charge in [-0.3, -0.25) is 4.79 Å². The number of aryl methyl sites for hydroxylation is 1. The van der Waals surface area contributed by atoms with E-state index in [1.54, 1.807) is 31.2 Å². The normalized spacial score (nSPS) is 12.2. The highest BCUT2D eigenvalue weighted by Gasteiger charge is 2.20. The standard InChI is InChI=1S/C19H16F2N2O3S/c1-11-3-5-13(6-4-11)16(24)12(2)27-19-23-22-17(26-19)14-7-9-15(10-8-14)25-18(20)21/h3-10,12,18H,1-2H3. The van der Waals surface area contributed by atoms with Crippen molar-refractivity contribution in [2.24, 2.45) is 0 Å². The fraction of sp³-hybridized carbons (Fsp3) is 0.211. The first kappa shape index (κ1) is 19.0. The zero-order chi connectivity index (χ0) is 19.4. The lowest BCUT2D eigenvalue weighted by Crippen LogP contribution is -2.13. The zero-order valence-electron chi connectivity index (χ0n) is 14.6. The van der Waals surface area contributed by atoms with Gasteiger partial charge in [-0.15, -0.1) is 10.2 Å². The number of ether oxygens (including phenoxy) is 1. The number of Topliss-reactive ketones (excluding diaryl/α,β-unsaturated/α-hetero) is 1. The van der Waals surface area contributed by atoms with Gasteiger partial charge in [0, 0.05) is 11.1 Å². The second-order valence-electron chi connectivity index (χ2n) is 5.77. The molecule has 3 rings (SSSR count). The smallest absolute Gasteiger partial charge is 0.387 e. The quantitative estimate of drug-likeness (QED) is 0.417. The summed E-state index contributed by atoms with van der Waals surface area (Å²) in [4.78, 5) is 12.5. The number of ketones is 1. The van der Waals surface area contributed by atoms with E-state index in [9.17, 15) is 13.6 Å². The van der Waals surface area contributed by atoms with Gasteiger partial charge in [0.25, 0.3) is 5.22 Å². The Kier molecular flexibility index (Phi) is 5.85. The summed E-state index contributed by atoms with van der Waals surface area (Å²) >= 11 is 1.16. The molecule has 0 aliphatic carbocycles. The number of thioether (sulfide) groups is 1. The molecule has 140 valence electrons. The molecule has 8 heteroatoms. The monoisotopic (exact) mass is 390 g/mol. The van der Waals surface area contributed by atoms with Crippen molar-refractivity contribution in [2.45, 2.75) is 30.9 Å². The second kappa shape index (κ2) is 8.30. The van der Waals surface area contributed by atoms with E-state index in [-0.39, 0.29) is 22.6 Å². The maximum absolute atomic E-state index is 12.5. The van der Waals surface area contributed by atoms with Crippen LogP contribution in [0.3, 0.4) is 0 Å². The molecule has 0 aliphatic heterocycles. The lowest BCUT2D eigenvalue weighted by molar-refractivity contribution is -0.0498. The fourth-order valence-electron chi connectivity index (χ4n) is 2.31. The molecule has 1 aromatic heterocycles. The molecule has 27 heavy (non-hydrogen) atoms. The van der Waals surface area contributed by atoms with Gasteiger partial charge in [0.15, 0.2) is 5.78 Å². The van der Waals surface area contributed by atoms with Crippen molar-refractivity contribution in [3.8, 4) is 17.2 Å². The number of nitrogens with zero attached hydrogens (tertiary/aromatic N) is 2. The highest BCUT2D eigenvalue weighted by Crippen LogP contribution is 2.28. The average molecular weight is 390 g/mol. The van der Waals surface area contributed by atoms with E-state index in [2.05, 4.69) is 14.9 Å². The van der Waals surface area contributed by atoms with Gasteiger partial charge < -0.3 is 9.15 Å². The summed E-state index contributed by atoms with van der Waals surface area (Å²) in [5.74, 6) is 0.240. The van der Waals surface area contributed by atoms with Gasteiger partial charge in [0.05, 0.1) is 5.25 Å². The zero-order valence-corrected chi connectivity index (χ0v) is 15.4. The Hall–Kier alpha value is -2.74. The minimum absolute atomic E-state index is 0.0340. The predicted octanol–water partition coefficient (Wildman–Crippen LogP) is 5.01. The molecular weight excluding hydrogens is 374 g/mol. The van der Waals surface area contributed by atoms with Crippen LogP contribution >= 0.6 is 11.8 Å². The number of hydrogen-bond acceptors (Lipinski definition) is 6. The molecule has 0 N–H and O–H groups in total. The molecule has 0 saturated carbocycles. The van der Waals surface area contributed by atoms with Crippen LogP contribution in [0.2, 0.25) is 0 Å². The van der Waals surface area contributed by atoms with Crippen LogP contribution < -0.4 is 4.74 Å². The summed E-state index contributed by atoms with van der Waals surface area (Å²) in [5, 5.41) is 7.73. The molecule has 5 nitrogen and oxygen atoms in total. The molecule has 1 unspecified atom stereocenters. The number of aromatic nitrogens is 2. The van der Waals surface area contributed by atoms with Crippen LogP contribution in [-0.4, -0.2) is 27.8 Å². The van der Waals surface area contributed by atoms with Crippen molar-refractivity contribution in [3.63, 3.8) is 0 Å². The molecule has 1 heterocycles. The summed E-state index contributed by atoms with van der Waals surface area (Å²) < 4.78 is 34.2. The summed E-state index contributed by atoms with van der Waals surface area (Å²) in [6, 6.07) is 13.2. The highest BCUT2D eigenvalue weighted by atomic mass is 32.2. The molecule has 0 aliphatic rings. The minimum Gasteiger partial charge on any atom is -0.435 e. The lowest BCUT2D eigenvalue weighted by atomic mass is 10.1. The average Bonchev–Trinajstić information content (AvgIpc) is 3.10. The third kappa shape index (κ3) is 4.91. The van der Waals surface area contributed by atoms with Crippen molar-refractivity contribution in [3.05, 3.63) is 59.7 Å². The third-order valence-corrected chi connectivity index (χ3v) is 4.65. The van der Waals surface area contributed by atoms with Crippen LogP contribution in [0, 0.1) is 6.92 Å². The Morgan fingerprint density at radius 3 is 2.37 bits per heavy atom. The van der Waals surface area contributed by atoms with Crippen LogP contribution in [0.4, 0.5) is 8.78 Å². The minimum atomic E-state index is -2.88. The molecule has 0 spiro atoms. The molecule has 2 aromatic carbocycles. The van der Waals surface area contributed by atoms with E-state index in [1.165, 1.54) is 12.1 Å². The Morgan fingerprint density at radius 1 is 1.07 bits per heavy atom. The van der Waals surface area contributed by atoms with Crippen LogP contribution in [0.25, 0.3) is 11.5 Å². The Bertz CT molecular complexity index is 911. The van der Waals surface area contributed by atoms with Gasteiger partial charge in [-0.05, 0) is 38.1 Å². The number of carbonyl (C=O) groups is 1. The van der Waals surface area contributed by atoms with Crippen molar-refractivity contribution in [1.82, 2.24) is 10.2 Å². The predicted molar refractivity (Wildman–Crippen MR) is 97.2 cm³/mol. The topological polar surface area (TPSA) is 65.2 Å². The van der Waals surface area contributed by atoms with Gasteiger partial charge >= 0.3 is 6.61 Å². The maximum Gasteiger partial charge on any atom is 0.387 e. The molecule has 0 amide bonds. The number of benzene rings is 2. The number of carbonyl (C=O) groups excluding carboxylic acids is 1. The Morgan fingerprint density at radius 2 is 1.74 bits per heavy atom. The van der Waals surface area contributed by atoms with Crippen LogP contribution in [0.1, 0.15) is 22.8 Å². The van der Waals surface area contributed by atoms with Gasteiger partial charge in [-0.1, -0.05) is 41.6 Å². The van der Waals surface area contributed by atoms with Crippen LogP contribution in [0.15, 0.2) is 58.2 Å². The van der Waals surface area contributed by atoms with Crippen molar-refractivity contribution >= 4 is 17.5 Å². The number of hydrogen-bond donors (Lipinski definition) is 0. The van der Waals surface area contributed by atoms with Gasteiger partial charge in [0.1, 0.15) is 5.75 Å². The van der Waals surface area contributed by atoms with Gasteiger partial charge in [-0.25, -0.2) is 0 Å². The summed E-state index contributed by atoms with van der Waals surface area (Å²) in [6.45, 7) is 0.848. The second-order valence-corrected chi connectivity index (χ2v) is 7.06. The number of rotatable bonds is 7. The first-order valence-corrected chi connectivity index (χ1v) is 8.96. The molecular formula is C19H16F2N2O3S. The lowest BCUT2D eigenvalue weighted by Gasteiger charge is -2.07. The summed E-state index contributed by atoms with van der Waals surface area (Å²) in [5.41, 5.74) is 2.27. The van der Waals surface area contributed by atoms with E-state index < -0.39 is 11.9 Å². The van der Waals surface area contributed by atoms with Gasteiger partial charge in [0.2, 0.25) is 5.89 Å². The first-order chi connectivity index (χ1) is 12.9. The Labute approximate surface area is 158 Å². The fourth-order valence-corrected chi connectivity index (χ4v) is 3.07. The SMILES string of the molecule is Cc1ccc(C(=O)C(C)Sc2nnc(-c3ccc(OC(F)F)cc3)o2)cc1. The van der Waals surface area contributed by atoms with E-state index >= 15 is 0 Å². The Balaban J connectivity index is 1.66. The van der Waals surface area contributed by atoms with Crippen molar-refractivity contribution < 1.29 is 22.7 Å². The largest absolute Gasteiger partial charge is 0.435 e. The molecule has 0 bridgehead atoms. The first-order valence-electron chi connectivity index (χ1n) is 8.08. The molecule has 1 atom stereocenters. The molecule has 0 saturated heterocycles.